The van der Waals surface area contributed by atoms with Gasteiger partial charge in [0.25, 0.3) is 0 Å². The van der Waals surface area contributed by atoms with Crippen molar-refractivity contribution in [1.29, 1.82) is 0 Å². The maximum Gasteiger partial charge on any atom is 0.0979 e. The van der Waals surface area contributed by atoms with Gasteiger partial charge in [0.05, 0.1) is 25.7 Å². The summed E-state index contributed by atoms with van der Waals surface area (Å²) in [6.07, 6.45) is 1.56. The fourth-order valence-electron chi connectivity index (χ4n) is 0.809. The van der Waals surface area contributed by atoms with Crippen molar-refractivity contribution in [3.8, 4) is 0 Å². The summed E-state index contributed by atoms with van der Waals surface area (Å²) >= 11 is 0. The zero-order valence-electron chi connectivity index (χ0n) is 5.88. The minimum Gasteiger partial charge on any atom is -0.829 e. The summed E-state index contributed by atoms with van der Waals surface area (Å²) in [4.78, 5) is 0. The van der Waals surface area contributed by atoms with Crippen LogP contribution < -0.4 is 5.11 Å². The van der Waals surface area contributed by atoms with Gasteiger partial charge in [-0.05, 0) is 6.92 Å². The molecule has 1 aliphatic rings. The molecule has 1 heterocycles. The highest BCUT2D eigenvalue weighted by Crippen LogP contribution is 2.12. The average molecular weight is 126 g/mol. The van der Waals surface area contributed by atoms with Gasteiger partial charge in [0.1, 0.15) is 0 Å². The van der Waals surface area contributed by atoms with Gasteiger partial charge in [-0.2, -0.15) is 4.59 Å². The molecule has 0 spiro atoms. The summed E-state index contributed by atoms with van der Waals surface area (Å²) in [6.45, 7) is 1.82. The Kier molecular flexibility index (Phi) is 1.10. The van der Waals surface area contributed by atoms with Crippen LogP contribution in [0.2, 0.25) is 0 Å². The van der Waals surface area contributed by atoms with Crippen molar-refractivity contribution in [2.75, 3.05) is 14.1 Å². The van der Waals surface area contributed by atoms with Crippen LogP contribution >= 0.6 is 0 Å². The molecule has 0 unspecified atom stereocenters. The molecule has 1 aliphatic heterocycles. The minimum absolute atomic E-state index is 0.0486. The summed E-state index contributed by atoms with van der Waals surface area (Å²) in [5.41, 5.74) is 0.810. The number of quaternary nitrogens is 1. The van der Waals surface area contributed by atoms with Crippen LogP contribution in [0, 0.1) is 0 Å². The first kappa shape index (κ1) is 6.29. The molecule has 3 heteroatoms. The average Bonchev–Trinajstić information content (AvgIpc) is 1.79. The normalized spacial score (nSPS) is 23.4. The van der Waals surface area contributed by atoms with Crippen molar-refractivity contribution >= 4 is 5.71 Å². The van der Waals surface area contributed by atoms with E-state index in [1.165, 1.54) is 0 Å². The van der Waals surface area contributed by atoms with Crippen molar-refractivity contribution < 1.29 is 9.70 Å². The quantitative estimate of drug-likeness (QED) is 0.409. The Morgan fingerprint density at radius 3 is 2.22 bits per heavy atom. The summed E-state index contributed by atoms with van der Waals surface area (Å²) in [5, 5.41) is 15.0. The van der Waals surface area contributed by atoms with Gasteiger partial charge in [-0.3, -0.25) is 0 Å². The first-order valence-corrected chi connectivity index (χ1v) is 2.82. The van der Waals surface area contributed by atoms with E-state index in [9.17, 15) is 5.11 Å². The standard InChI is InChI=1S/C6H10N2O/c1-5-4-6(9)8(2,3)7-5/h4H,1-3H3. The molecule has 0 amide bonds. The highest BCUT2D eigenvalue weighted by Gasteiger charge is 2.19. The maximum atomic E-state index is 10.9. The monoisotopic (exact) mass is 126 g/mol. The fourth-order valence-corrected chi connectivity index (χ4v) is 0.809. The van der Waals surface area contributed by atoms with Crippen LogP contribution in [0.4, 0.5) is 0 Å². The van der Waals surface area contributed by atoms with Crippen molar-refractivity contribution in [2.45, 2.75) is 6.92 Å². The van der Waals surface area contributed by atoms with Crippen LogP contribution in [-0.2, 0) is 0 Å². The molecular weight excluding hydrogens is 116 g/mol. The first-order chi connectivity index (χ1) is 4.02. The lowest BCUT2D eigenvalue weighted by atomic mass is 10.4. The number of rotatable bonds is 0. The highest BCUT2D eigenvalue weighted by atomic mass is 16.3. The fraction of sp³-hybridized carbons (Fsp3) is 0.500. The first-order valence-electron chi connectivity index (χ1n) is 2.82. The van der Waals surface area contributed by atoms with Crippen LogP contribution in [0.25, 0.3) is 0 Å². The summed E-state index contributed by atoms with van der Waals surface area (Å²) in [5.74, 6) is 0.0486. The van der Waals surface area contributed by atoms with Crippen LogP contribution in [-0.4, -0.2) is 24.4 Å². The molecule has 0 radical (unpaired) electrons. The molecule has 0 saturated carbocycles. The van der Waals surface area contributed by atoms with Gasteiger partial charge in [0.2, 0.25) is 0 Å². The van der Waals surface area contributed by atoms with E-state index < -0.39 is 0 Å². The van der Waals surface area contributed by atoms with Crippen LogP contribution in [0.1, 0.15) is 6.92 Å². The second-order valence-corrected chi connectivity index (χ2v) is 2.62. The molecule has 0 aromatic heterocycles. The predicted molar refractivity (Wildman–Crippen MR) is 33.3 cm³/mol. The van der Waals surface area contributed by atoms with Crippen molar-refractivity contribution in [3.63, 3.8) is 0 Å². The third-order valence-corrected chi connectivity index (χ3v) is 1.28. The van der Waals surface area contributed by atoms with Gasteiger partial charge in [-0.1, -0.05) is 5.10 Å². The van der Waals surface area contributed by atoms with Crippen molar-refractivity contribution in [1.82, 2.24) is 0 Å². The molecule has 0 saturated heterocycles. The maximum absolute atomic E-state index is 10.9. The minimum atomic E-state index is 0.0486. The van der Waals surface area contributed by atoms with Gasteiger partial charge in [-0.25, -0.2) is 0 Å². The Morgan fingerprint density at radius 1 is 1.56 bits per heavy atom. The SMILES string of the molecule is CC1=N[N+](C)(C)C([O-])=C1. The molecule has 1 rings (SSSR count). The lowest BCUT2D eigenvalue weighted by Crippen LogP contribution is -2.36. The Bertz CT molecular complexity index is 191. The lowest BCUT2D eigenvalue weighted by Gasteiger charge is -2.23. The molecule has 0 aromatic rings. The summed E-state index contributed by atoms with van der Waals surface area (Å²) in [7, 11) is 3.52. The van der Waals surface area contributed by atoms with E-state index in [4.69, 9.17) is 0 Å². The molecule has 0 aromatic carbocycles. The van der Waals surface area contributed by atoms with E-state index >= 15 is 0 Å². The summed E-state index contributed by atoms with van der Waals surface area (Å²) in [6, 6.07) is 0. The second kappa shape index (κ2) is 1.57. The topological polar surface area (TPSA) is 35.4 Å². The van der Waals surface area contributed by atoms with E-state index in [0.717, 1.165) is 5.71 Å². The predicted octanol–water partition coefficient (Wildman–Crippen LogP) is -0.346. The number of allylic oxidation sites excluding steroid dienone is 1. The zero-order valence-corrected chi connectivity index (χ0v) is 5.88. The number of hydrogen-bond acceptors (Lipinski definition) is 2. The van der Waals surface area contributed by atoms with Crippen molar-refractivity contribution in [3.05, 3.63) is 12.0 Å². The smallest absolute Gasteiger partial charge is 0.0979 e. The van der Waals surface area contributed by atoms with E-state index in [0.29, 0.717) is 0 Å². The van der Waals surface area contributed by atoms with Gasteiger partial charge >= 0.3 is 0 Å². The molecule has 0 bridgehead atoms. The molecule has 50 valence electrons. The largest absolute Gasteiger partial charge is 0.829 e. The van der Waals surface area contributed by atoms with E-state index in [-0.39, 0.29) is 10.5 Å². The molecule has 0 aliphatic carbocycles. The Hall–Kier alpha value is -0.830. The van der Waals surface area contributed by atoms with Gasteiger partial charge in [0, 0.05) is 6.08 Å². The Balaban J connectivity index is 2.96. The van der Waals surface area contributed by atoms with Crippen LogP contribution in [0.5, 0.6) is 0 Å². The Morgan fingerprint density at radius 2 is 2.11 bits per heavy atom. The van der Waals surface area contributed by atoms with Crippen LogP contribution in [0.15, 0.2) is 17.1 Å². The lowest BCUT2D eigenvalue weighted by molar-refractivity contribution is -0.903. The van der Waals surface area contributed by atoms with E-state index in [1.54, 1.807) is 20.2 Å². The molecule has 0 fully saturated rings. The van der Waals surface area contributed by atoms with E-state index in [2.05, 4.69) is 5.10 Å². The third kappa shape index (κ3) is 0.954. The second-order valence-electron chi connectivity index (χ2n) is 2.62. The third-order valence-electron chi connectivity index (χ3n) is 1.28. The molecule has 0 atom stereocenters. The molecular formula is C6H10N2O. The molecule has 9 heavy (non-hydrogen) atoms. The van der Waals surface area contributed by atoms with Crippen molar-refractivity contribution in [2.24, 2.45) is 5.10 Å². The van der Waals surface area contributed by atoms with E-state index in [1.807, 2.05) is 6.92 Å². The Labute approximate surface area is 54.5 Å². The molecule has 0 N–H and O–H groups in total. The molecule has 3 nitrogen and oxygen atoms in total. The number of nitrogens with zero attached hydrogens (tertiary/aromatic N) is 2. The zero-order chi connectivity index (χ0) is 7.07. The number of hydrogen-bond donors (Lipinski definition) is 0. The van der Waals surface area contributed by atoms with Gasteiger partial charge in [-0.15, -0.1) is 0 Å². The van der Waals surface area contributed by atoms with Gasteiger partial charge < -0.3 is 5.11 Å². The highest BCUT2D eigenvalue weighted by molar-refractivity contribution is 5.93. The van der Waals surface area contributed by atoms with Gasteiger partial charge in [0.15, 0.2) is 0 Å². The van der Waals surface area contributed by atoms with Crippen LogP contribution in [0.3, 0.4) is 0 Å². The summed E-state index contributed by atoms with van der Waals surface area (Å²) < 4.78 is 0.117.